The van der Waals surface area contributed by atoms with Crippen LogP contribution in [-0.2, 0) is 29.2 Å². The van der Waals surface area contributed by atoms with Gasteiger partial charge >= 0.3 is 0 Å². The Bertz CT molecular complexity index is 666. The summed E-state index contributed by atoms with van der Waals surface area (Å²) in [6.45, 7) is 4.86. The first kappa shape index (κ1) is 18.2. The summed E-state index contributed by atoms with van der Waals surface area (Å²) in [5.41, 5.74) is 2.76. The van der Waals surface area contributed by atoms with E-state index < -0.39 is 0 Å². The van der Waals surface area contributed by atoms with E-state index in [1.54, 1.807) is 30.3 Å². The summed E-state index contributed by atoms with van der Waals surface area (Å²) in [6.07, 6.45) is 3.14. The number of thiophene rings is 1. The van der Waals surface area contributed by atoms with Gasteiger partial charge < -0.3 is 14.2 Å². The zero-order valence-corrected chi connectivity index (χ0v) is 15.9. The zero-order chi connectivity index (χ0) is 17.6. The molecule has 3 heterocycles. The van der Waals surface area contributed by atoms with E-state index in [9.17, 15) is 4.79 Å². The lowest BCUT2D eigenvalue weighted by molar-refractivity contribution is -0.133. The molecule has 0 N–H and O–H groups in total. The van der Waals surface area contributed by atoms with Crippen LogP contribution in [0.1, 0.15) is 17.7 Å². The van der Waals surface area contributed by atoms with Gasteiger partial charge in [0.1, 0.15) is 6.61 Å². The fourth-order valence-electron chi connectivity index (χ4n) is 3.25. The van der Waals surface area contributed by atoms with Crippen LogP contribution in [0.2, 0.25) is 0 Å². The van der Waals surface area contributed by atoms with Crippen LogP contribution in [0.5, 0.6) is 0 Å². The van der Waals surface area contributed by atoms with Gasteiger partial charge in [-0.25, -0.2) is 0 Å². The smallest absolute Gasteiger partial charge is 0.248 e. The number of carbonyl (C=O) groups is 1. The van der Waals surface area contributed by atoms with Crippen LogP contribution in [0.3, 0.4) is 0 Å². The third kappa shape index (κ3) is 5.17. The summed E-state index contributed by atoms with van der Waals surface area (Å²) >= 11 is 1.76. The van der Waals surface area contributed by atoms with E-state index >= 15 is 0 Å². The number of nitrogens with zero attached hydrogens (tertiary/aromatic N) is 3. The van der Waals surface area contributed by atoms with Gasteiger partial charge in [0, 0.05) is 58.8 Å². The fraction of sp³-hybridized carbons (Fsp3) is 0.526. The molecule has 0 aromatic carbocycles. The lowest BCUT2D eigenvalue weighted by atomic mass is 10.1. The largest absolute Gasteiger partial charge is 0.372 e. The SMILES string of the molecule is CN(C)C(=O)COCC[C@H]1CN(Cc2ccsc2)Cc2cccn2C1. The maximum absolute atomic E-state index is 11.6. The number of rotatable bonds is 7. The average Bonchev–Trinajstić information content (AvgIpc) is 3.20. The van der Waals surface area contributed by atoms with E-state index in [4.69, 9.17) is 4.74 Å². The third-order valence-corrected chi connectivity index (χ3v) is 5.39. The standard InChI is InChI=1S/C19H27N3O2S/c1-20(2)19(23)14-24-8-5-16-10-21(11-17-6-9-25-15-17)13-18-4-3-7-22(18)12-16/h3-4,6-7,9,15-16H,5,8,10-14H2,1-2H3/t16-/m0/s1. The average molecular weight is 362 g/mol. The Balaban J connectivity index is 1.56. The molecule has 1 atom stereocenters. The van der Waals surface area contributed by atoms with Gasteiger partial charge in [-0.15, -0.1) is 0 Å². The van der Waals surface area contributed by atoms with E-state index in [-0.39, 0.29) is 12.5 Å². The van der Waals surface area contributed by atoms with Gasteiger partial charge in [0.15, 0.2) is 0 Å². The summed E-state index contributed by atoms with van der Waals surface area (Å²) < 4.78 is 7.96. The van der Waals surface area contributed by atoms with E-state index in [2.05, 4.69) is 44.6 Å². The monoisotopic (exact) mass is 361 g/mol. The quantitative estimate of drug-likeness (QED) is 0.712. The first-order valence-corrected chi connectivity index (χ1v) is 9.71. The van der Waals surface area contributed by atoms with Crippen molar-refractivity contribution in [2.75, 3.05) is 33.9 Å². The van der Waals surface area contributed by atoms with Crippen LogP contribution in [0.25, 0.3) is 0 Å². The first-order valence-electron chi connectivity index (χ1n) is 8.77. The zero-order valence-electron chi connectivity index (χ0n) is 15.1. The van der Waals surface area contributed by atoms with Gasteiger partial charge in [-0.1, -0.05) is 0 Å². The second kappa shape index (κ2) is 8.65. The Labute approximate surface area is 153 Å². The molecular weight excluding hydrogens is 334 g/mol. The molecule has 3 rings (SSSR count). The van der Waals surface area contributed by atoms with Gasteiger partial charge in [-0.3, -0.25) is 9.69 Å². The van der Waals surface area contributed by atoms with Crippen LogP contribution in [0.4, 0.5) is 0 Å². The van der Waals surface area contributed by atoms with Crippen molar-refractivity contribution in [3.63, 3.8) is 0 Å². The summed E-state index contributed by atoms with van der Waals surface area (Å²) in [7, 11) is 3.51. The Morgan fingerprint density at radius 1 is 1.36 bits per heavy atom. The minimum Gasteiger partial charge on any atom is -0.372 e. The van der Waals surface area contributed by atoms with Crippen molar-refractivity contribution in [3.05, 3.63) is 46.4 Å². The van der Waals surface area contributed by atoms with Gasteiger partial charge in [0.2, 0.25) is 5.91 Å². The molecular formula is C19H27N3O2S. The maximum atomic E-state index is 11.6. The molecule has 0 saturated carbocycles. The molecule has 2 aromatic rings. The summed E-state index contributed by atoms with van der Waals surface area (Å²) in [4.78, 5) is 15.7. The van der Waals surface area contributed by atoms with Crippen molar-refractivity contribution in [1.29, 1.82) is 0 Å². The summed E-state index contributed by atoms with van der Waals surface area (Å²) in [6, 6.07) is 6.56. The lowest BCUT2D eigenvalue weighted by Crippen LogP contribution is -2.29. The lowest BCUT2D eigenvalue weighted by Gasteiger charge is -2.23. The molecule has 1 amide bonds. The molecule has 25 heavy (non-hydrogen) atoms. The predicted molar refractivity (Wildman–Crippen MR) is 100 cm³/mol. The van der Waals surface area contributed by atoms with Crippen molar-refractivity contribution in [1.82, 2.24) is 14.4 Å². The van der Waals surface area contributed by atoms with Crippen LogP contribution >= 0.6 is 11.3 Å². The molecule has 136 valence electrons. The van der Waals surface area contributed by atoms with Crippen LogP contribution in [0, 0.1) is 5.92 Å². The molecule has 1 aliphatic heterocycles. The summed E-state index contributed by atoms with van der Waals surface area (Å²) in [5.74, 6) is 0.550. The normalized spacial score (nSPS) is 17.9. The van der Waals surface area contributed by atoms with Gasteiger partial charge in [-0.2, -0.15) is 11.3 Å². The van der Waals surface area contributed by atoms with Crippen LogP contribution < -0.4 is 0 Å². The van der Waals surface area contributed by atoms with Crippen LogP contribution in [0.15, 0.2) is 35.2 Å². The van der Waals surface area contributed by atoms with E-state index in [0.29, 0.717) is 12.5 Å². The number of ether oxygens (including phenoxy) is 1. The molecule has 0 bridgehead atoms. The second-order valence-corrected chi connectivity index (χ2v) is 7.73. The number of hydrogen-bond donors (Lipinski definition) is 0. The van der Waals surface area contributed by atoms with Gasteiger partial charge in [0.25, 0.3) is 0 Å². The molecule has 0 radical (unpaired) electrons. The van der Waals surface area contributed by atoms with Crippen LogP contribution in [-0.4, -0.2) is 54.1 Å². The molecule has 1 aliphatic rings. The second-order valence-electron chi connectivity index (χ2n) is 6.95. The Morgan fingerprint density at radius 3 is 3.00 bits per heavy atom. The molecule has 0 spiro atoms. The first-order chi connectivity index (χ1) is 12.1. The number of amides is 1. The van der Waals surface area contributed by atoms with Crippen molar-refractivity contribution >= 4 is 17.2 Å². The molecule has 0 unspecified atom stereocenters. The fourth-order valence-corrected chi connectivity index (χ4v) is 3.91. The molecule has 0 fully saturated rings. The topological polar surface area (TPSA) is 37.7 Å². The predicted octanol–water partition coefficient (Wildman–Crippen LogP) is 2.68. The van der Waals surface area contributed by atoms with Gasteiger partial charge in [0.05, 0.1) is 0 Å². The van der Waals surface area contributed by atoms with E-state index in [0.717, 1.165) is 32.6 Å². The number of fused-ring (bicyclic) bond motifs is 1. The Morgan fingerprint density at radius 2 is 2.24 bits per heavy atom. The number of hydrogen-bond acceptors (Lipinski definition) is 4. The molecule has 6 heteroatoms. The summed E-state index contributed by atoms with van der Waals surface area (Å²) in [5, 5.41) is 4.37. The molecule has 2 aromatic heterocycles. The highest BCUT2D eigenvalue weighted by atomic mass is 32.1. The number of likely N-dealkylation sites (N-methyl/N-ethyl adjacent to an activating group) is 1. The number of aromatic nitrogens is 1. The molecule has 0 aliphatic carbocycles. The van der Waals surface area contributed by atoms with E-state index in [1.807, 2.05) is 0 Å². The highest BCUT2D eigenvalue weighted by Crippen LogP contribution is 2.21. The van der Waals surface area contributed by atoms with Crippen molar-refractivity contribution in [2.45, 2.75) is 26.1 Å². The van der Waals surface area contributed by atoms with Crippen molar-refractivity contribution in [2.24, 2.45) is 5.92 Å². The van der Waals surface area contributed by atoms with E-state index in [1.165, 1.54) is 11.3 Å². The molecule has 0 saturated heterocycles. The minimum atomic E-state index is 0.0210. The van der Waals surface area contributed by atoms with Crippen molar-refractivity contribution in [3.8, 4) is 0 Å². The number of carbonyl (C=O) groups excluding carboxylic acids is 1. The minimum absolute atomic E-state index is 0.0210. The highest BCUT2D eigenvalue weighted by Gasteiger charge is 2.21. The van der Waals surface area contributed by atoms with Crippen molar-refractivity contribution < 1.29 is 9.53 Å². The Hall–Kier alpha value is -1.63. The van der Waals surface area contributed by atoms with Gasteiger partial charge in [-0.05, 0) is 46.9 Å². The molecule has 5 nitrogen and oxygen atoms in total. The maximum Gasteiger partial charge on any atom is 0.248 e. The Kier molecular flexibility index (Phi) is 6.29. The highest BCUT2D eigenvalue weighted by molar-refractivity contribution is 7.07. The third-order valence-electron chi connectivity index (χ3n) is 4.66.